The molecule has 2 aliphatic heterocycles. The van der Waals surface area contributed by atoms with Crippen LogP contribution >= 0.6 is 0 Å². The van der Waals surface area contributed by atoms with Gasteiger partial charge in [-0.2, -0.15) is 4.57 Å². The van der Waals surface area contributed by atoms with Crippen LogP contribution in [0.15, 0.2) is 36.7 Å². The van der Waals surface area contributed by atoms with Gasteiger partial charge >= 0.3 is 0 Å². The quantitative estimate of drug-likeness (QED) is 0.484. The maximum Gasteiger partial charge on any atom is 0.231 e. The van der Waals surface area contributed by atoms with Crippen LogP contribution in [0, 0.1) is 6.92 Å². The largest absolute Gasteiger partial charge is 0.504 e. The van der Waals surface area contributed by atoms with Gasteiger partial charge in [-0.3, -0.25) is 0 Å². The van der Waals surface area contributed by atoms with E-state index in [1.165, 1.54) is 5.56 Å². The van der Waals surface area contributed by atoms with Crippen LogP contribution in [0.2, 0.25) is 0 Å². The molecule has 0 unspecified atom stereocenters. The number of ether oxygens (including phenoxy) is 3. The Labute approximate surface area is 191 Å². The Morgan fingerprint density at radius 1 is 1.15 bits per heavy atom. The number of rotatable bonds is 4. The van der Waals surface area contributed by atoms with E-state index in [0.717, 1.165) is 70.0 Å². The summed E-state index contributed by atoms with van der Waals surface area (Å²) in [6.45, 7) is 5.86. The summed E-state index contributed by atoms with van der Waals surface area (Å²) in [7, 11) is 1.59. The second-order valence-corrected chi connectivity index (χ2v) is 8.66. The summed E-state index contributed by atoms with van der Waals surface area (Å²) >= 11 is 0. The molecule has 6 rings (SSSR count). The molecule has 0 atom stereocenters. The standard InChI is InChI=1S/C26H25N3O4/c1-4-25-27-15(2)11-29(25)12-17-8-24(31-3)26(30)20-13-28-6-5-16-7-22-23(33-14-32-22)10-19(16)21(28)9-18(17)20/h7-11,13H,4-6,12,14H2,1-3H3/p+1. The number of hydrogen-bond acceptors (Lipinski definition) is 5. The normalized spacial score (nSPS) is 13.8. The number of imidazole rings is 1. The van der Waals surface area contributed by atoms with Crippen LogP contribution in [0.4, 0.5) is 0 Å². The van der Waals surface area contributed by atoms with Crippen molar-refractivity contribution in [2.24, 2.45) is 0 Å². The lowest BCUT2D eigenvalue weighted by Crippen LogP contribution is -2.40. The van der Waals surface area contributed by atoms with Crippen LogP contribution in [0.3, 0.4) is 0 Å². The van der Waals surface area contributed by atoms with Gasteiger partial charge < -0.3 is 23.9 Å². The molecular weight excluding hydrogens is 418 g/mol. The van der Waals surface area contributed by atoms with Crippen LogP contribution < -0.4 is 18.8 Å². The first-order valence-corrected chi connectivity index (χ1v) is 11.3. The Kier molecular flexibility index (Phi) is 4.47. The van der Waals surface area contributed by atoms with Crippen molar-refractivity contribution in [1.29, 1.82) is 0 Å². The second-order valence-electron chi connectivity index (χ2n) is 8.66. The van der Waals surface area contributed by atoms with E-state index in [1.54, 1.807) is 7.11 Å². The number of aromatic nitrogens is 3. The highest BCUT2D eigenvalue weighted by Crippen LogP contribution is 2.42. The summed E-state index contributed by atoms with van der Waals surface area (Å²) in [6, 6.07) is 8.29. The van der Waals surface area contributed by atoms with Gasteiger partial charge in [0, 0.05) is 37.0 Å². The fourth-order valence-electron chi connectivity index (χ4n) is 5.06. The van der Waals surface area contributed by atoms with E-state index in [4.69, 9.17) is 14.2 Å². The van der Waals surface area contributed by atoms with Gasteiger partial charge in [-0.25, -0.2) is 4.98 Å². The van der Waals surface area contributed by atoms with Crippen LogP contribution in [-0.4, -0.2) is 28.6 Å². The Hall–Kier alpha value is -3.74. The minimum absolute atomic E-state index is 0.167. The molecule has 2 aliphatic rings. The zero-order chi connectivity index (χ0) is 22.7. The molecular formula is C26H26N3O4+. The number of pyridine rings is 1. The molecule has 168 valence electrons. The lowest BCUT2D eigenvalue weighted by molar-refractivity contribution is -0.686. The van der Waals surface area contributed by atoms with Crippen molar-refractivity contribution in [2.75, 3.05) is 13.9 Å². The smallest absolute Gasteiger partial charge is 0.231 e. The highest BCUT2D eigenvalue weighted by molar-refractivity contribution is 5.94. The van der Waals surface area contributed by atoms with Crippen LogP contribution in [0.5, 0.6) is 23.0 Å². The van der Waals surface area contributed by atoms with Gasteiger partial charge in [-0.05, 0) is 36.2 Å². The fraction of sp³-hybridized carbons (Fsp3) is 0.308. The molecule has 0 bridgehead atoms. The summed E-state index contributed by atoms with van der Waals surface area (Å²) in [5.74, 6) is 3.28. The van der Waals surface area contributed by atoms with Crippen LogP contribution in [0.1, 0.15) is 29.6 Å². The molecule has 0 radical (unpaired) electrons. The number of methoxy groups -OCH3 is 1. The molecule has 2 aromatic heterocycles. The topological polar surface area (TPSA) is 69.6 Å². The Balaban J connectivity index is 1.57. The minimum atomic E-state index is 0.167. The van der Waals surface area contributed by atoms with Gasteiger partial charge in [-0.1, -0.05) is 6.92 Å². The average molecular weight is 445 g/mol. The minimum Gasteiger partial charge on any atom is -0.504 e. The zero-order valence-corrected chi connectivity index (χ0v) is 19.0. The predicted octanol–water partition coefficient (Wildman–Crippen LogP) is 3.91. The van der Waals surface area contributed by atoms with Crippen molar-refractivity contribution in [3.8, 4) is 34.3 Å². The van der Waals surface area contributed by atoms with Crippen molar-refractivity contribution in [3.05, 3.63) is 59.3 Å². The summed E-state index contributed by atoms with van der Waals surface area (Å²) in [6.07, 6.45) is 5.86. The van der Waals surface area contributed by atoms with Crippen molar-refractivity contribution >= 4 is 10.8 Å². The molecule has 2 aromatic carbocycles. The molecule has 0 amide bonds. The van der Waals surface area contributed by atoms with Gasteiger partial charge in [0.1, 0.15) is 5.82 Å². The maximum absolute atomic E-state index is 11.0. The predicted molar refractivity (Wildman–Crippen MR) is 123 cm³/mol. The van der Waals surface area contributed by atoms with E-state index >= 15 is 0 Å². The molecule has 4 aromatic rings. The number of phenols is 1. The first-order chi connectivity index (χ1) is 16.1. The molecule has 0 saturated heterocycles. The lowest BCUT2D eigenvalue weighted by Gasteiger charge is -2.18. The SMILES string of the molecule is CCc1nc(C)cn1Cc1cc(OC)c(O)c2c[n+]3c(cc12)-c1cc2c(cc1CC3)OCO2. The Morgan fingerprint density at radius 3 is 2.76 bits per heavy atom. The molecule has 4 heterocycles. The highest BCUT2D eigenvalue weighted by atomic mass is 16.7. The van der Waals surface area contributed by atoms with E-state index in [2.05, 4.69) is 45.4 Å². The Morgan fingerprint density at radius 2 is 1.97 bits per heavy atom. The third kappa shape index (κ3) is 3.10. The number of aryl methyl sites for hydroxylation is 4. The number of phenolic OH excluding ortho intramolecular Hbond substituents is 1. The fourth-order valence-corrected chi connectivity index (χ4v) is 5.06. The van der Waals surface area contributed by atoms with Gasteiger partial charge in [0.15, 0.2) is 35.7 Å². The number of fused-ring (bicyclic) bond motifs is 5. The third-order valence-electron chi connectivity index (χ3n) is 6.66. The molecule has 0 saturated carbocycles. The first kappa shape index (κ1) is 19.9. The van der Waals surface area contributed by atoms with Gasteiger partial charge in [0.25, 0.3) is 0 Å². The van der Waals surface area contributed by atoms with Gasteiger partial charge in [-0.15, -0.1) is 0 Å². The van der Waals surface area contributed by atoms with Crippen LogP contribution in [0.25, 0.3) is 22.0 Å². The van der Waals surface area contributed by atoms with Crippen molar-refractivity contribution < 1.29 is 23.9 Å². The molecule has 7 nitrogen and oxygen atoms in total. The summed E-state index contributed by atoms with van der Waals surface area (Å²) < 4.78 is 21.1. The van der Waals surface area contributed by atoms with E-state index in [9.17, 15) is 5.11 Å². The molecule has 0 spiro atoms. The van der Waals surface area contributed by atoms with E-state index in [0.29, 0.717) is 12.3 Å². The summed E-state index contributed by atoms with van der Waals surface area (Å²) in [5, 5.41) is 12.8. The molecule has 1 N–H and O–H groups in total. The second kappa shape index (κ2) is 7.40. The summed E-state index contributed by atoms with van der Waals surface area (Å²) in [4.78, 5) is 4.65. The van der Waals surface area contributed by atoms with Crippen molar-refractivity contribution in [2.45, 2.75) is 39.8 Å². The van der Waals surface area contributed by atoms with Crippen molar-refractivity contribution in [1.82, 2.24) is 9.55 Å². The number of nitrogens with zero attached hydrogens (tertiary/aromatic N) is 3. The molecule has 33 heavy (non-hydrogen) atoms. The molecule has 0 fully saturated rings. The zero-order valence-electron chi connectivity index (χ0n) is 19.0. The first-order valence-electron chi connectivity index (χ1n) is 11.3. The lowest BCUT2D eigenvalue weighted by atomic mass is 9.94. The highest BCUT2D eigenvalue weighted by Gasteiger charge is 2.29. The van der Waals surface area contributed by atoms with E-state index in [-0.39, 0.29) is 12.5 Å². The summed E-state index contributed by atoms with van der Waals surface area (Å²) in [5.41, 5.74) is 5.56. The maximum atomic E-state index is 11.0. The third-order valence-corrected chi connectivity index (χ3v) is 6.66. The van der Waals surface area contributed by atoms with Crippen LogP contribution in [-0.2, 0) is 25.9 Å². The number of benzene rings is 2. The molecule has 0 aliphatic carbocycles. The monoisotopic (exact) mass is 444 g/mol. The molecule has 7 heteroatoms. The van der Waals surface area contributed by atoms with E-state index < -0.39 is 0 Å². The van der Waals surface area contributed by atoms with Gasteiger partial charge in [0.2, 0.25) is 12.5 Å². The number of hydrogen-bond donors (Lipinski definition) is 1. The Bertz CT molecular complexity index is 1420. The average Bonchev–Trinajstić information content (AvgIpc) is 3.43. The van der Waals surface area contributed by atoms with Crippen molar-refractivity contribution in [3.63, 3.8) is 0 Å². The number of aromatic hydroxyl groups is 1. The van der Waals surface area contributed by atoms with Gasteiger partial charge in [0.05, 0.1) is 23.8 Å². The van der Waals surface area contributed by atoms with E-state index in [1.807, 2.05) is 19.2 Å².